The van der Waals surface area contributed by atoms with E-state index in [1.165, 1.54) is 0 Å². The molecule has 2 heterocycles. The molecule has 4 N–H and O–H groups in total. The SMILES string of the molecule is CCCOc1cc2ccccc2cc1C(=O)Nc1nc(N)c2c(ccc3nccc32)[nH]1. The van der Waals surface area contributed by atoms with Crippen LogP contribution in [0, 0.1) is 0 Å². The Morgan fingerprint density at radius 2 is 1.94 bits per heavy atom. The standard InChI is InChI=1S/C24H21N5O2/c1-2-11-31-20-13-15-6-4-3-5-14(15)12-17(20)23(30)29-24-27-19-8-7-18-16(9-10-26-18)21(19)22(25)28-24/h3-10,12-13H,2,11,25H2,1H3,(H2,27,28,29,30). The predicted octanol–water partition coefficient (Wildman–Crippen LogP) is 4.89. The zero-order valence-electron chi connectivity index (χ0n) is 17.0. The quantitative estimate of drug-likeness (QED) is 0.382. The molecule has 0 bridgehead atoms. The fourth-order valence-corrected chi connectivity index (χ4v) is 3.76. The van der Waals surface area contributed by atoms with E-state index in [0.29, 0.717) is 23.7 Å². The maximum absolute atomic E-state index is 13.2. The summed E-state index contributed by atoms with van der Waals surface area (Å²) in [7, 11) is 0. The van der Waals surface area contributed by atoms with Gasteiger partial charge in [0, 0.05) is 17.0 Å². The number of aromatic nitrogens is 3. The minimum Gasteiger partial charge on any atom is -0.493 e. The Morgan fingerprint density at radius 1 is 1.13 bits per heavy atom. The highest BCUT2D eigenvalue weighted by Crippen LogP contribution is 2.30. The molecule has 2 aromatic heterocycles. The molecule has 0 saturated carbocycles. The number of anilines is 2. The Bertz CT molecular complexity index is 1440. The highest BCUT2D eigenvalue weighted by Gasteiger charge is 2.17. The van der Waals surface area contributed by atoms with Gasteiger partial charge >= 0.3 is 0 Å². The maximum Gasteiger partial charge on any atom is 0.261 e. The van der Waals surface area contributed by atoms with Crippen molar-refractivity contribution in [2.45, 2.75) is 13.3 Å². The van der Waals surface area contributed by atoms with Crippen LogP contribution in [0.3, 0.4) is 0 Å². The van der Waals surface area contributed by atoms with Crippen molar-refractivity contribution < 1.29 is 9.53 Å². The van der Waals surface area contributed by atoms with Gasteiger partial charge in [0.25, 0.3) is 5.91 Å². The van der Waals surface area contributed by atoms with Crippen molar-refractivity contribution >= 4 is 50.3 Å². The van der Waals surface area contributed by atoms with Crippen LogP contribution in [-0.4, -0.2) is 27.5 Å². The number of amides is 1. The van der Waals surface area contributed by atoms with Gasteiger partial charge in [-0.2, -0.15) is 4.98 Å². The van der Waals surface area contributed by atoms with Crippen LogP contribution in [0.2, 0.25) is 0 Å². The number of rotatable bonds is 5. The molecule has 5 rings (SSSR count). The lowest BCUT2D eigenvalue weighted by molar-refractivity contribution is 0.102. The van der Waals surface area contributed by atoms with Crippen LogP contribution in [0.25, 0.3) is 32.6 Å². The van der Waals surface area contributed by atoms with Crippen LogP contribution in [0.1, 0.15) is 23.7 Å². The minimum absolute atomic E-state index is 0.267. The molecule has 0 unspecified atom stereocenters. The number of nitrogens with one attached hydrogen (secondary N) is 2. The van der Waals surface area contributed by atoms with E-state index in [-0.39, 0.29) is 11.9 Å². The smallest absolute Gasteiger partial charge is 0.261 e. The van der Waals surface area contributed by atoms with Gasteiger partial charge in [-0.1, -0.05) is 31.2 Å². The molecule has 3 aromatic carbocycles. The monoisotopic (exact) mass is 411 g/mol. The Labute approximate surface area is 178 Å². The van der Waals surface area contributed by atoms with E-state index in [1.54, 1.807) is 6.20 Å². The molecule has 0 spiro atoms. The van der Waals surface area contributed by atoms with Gasteiger partial charge in [-0.3, -0.25) is 15.1 Å². The van der Waals surface area contributed by atoms with Gasteiger partial charge in [-0.15, -0.1) is 0 Å². The first-order valence-electron chi connectivity index (χ1n) is 10.1. The summed E-state index contributed by atoms with van der Waals surface area (Å²) in [5.74, 6) is 0.805. The van der Waals surface area contributed by atoms with Gasteiger partial charge < -0.3 is 15.5 Å². The highest BCUT2D eigenvalue weighted by molar-refractivity contribution is 6.12. The second-order valence-corrected chi connectivity index (χ2v) is 7.33. The topological polar surface area (TPSA) is 106 Å². The number of nitrogens with two attached hydrogens (primary N) is 1. The lowest BCUT2D eigenvalue weighted by Crippen LogP contribution is -2.16. The van der Waals surface area contributed by atoms with E-state index >= 15 is 0 Å². The molecule has 5 aromatic rings. The summed E-state index contributed by atoms with van der Waals surface area (Å²) >= 11 is 0. The number of carbonyl (C=O) groups is 1. The Hall–Kier alpha value is -4.13. The Balaban J connectivity index is 1.54. The van der Waals surface area contributed by atoms with E-state index in [1.807, 2.05) is 61.5 Å². The number of hydrogen-bond acceptors (Lipinski definition) is 5. The molecule has 0 aliphatic heterocycles. The molecule has 7 heteroatoms. The largest absolute Gasteiger partial charge is 0.493 e. The van der Waals surface area contributed by atoms with Crippen molar-refractivity contribution in [1.29, 1.82) is 0 Å². The van der Waals surface area contributed by atoms with Crippen molar-refractivity contribution in [2.24, 2.45) is 0 Å². The van der Waals surface area contributed by atoms with Gasteiger partial charge in [0.15, 0.2) is 0 Å². The van der Waals surface area contributed by atoms with E-state index in [2.05, 4.69) is 20.3 Å². The summed E-state index contributed by atoms with van der Waals surface area (Å²) in [5.41, 5.74) is 8.29. The summed E-state index contributed by atoms with van der Waals surface area (Å²) in [5, 5.41) is 6.50. The third-order valence-corrected chi connectivity index (χ3v) is 5.20. The molecule has 7 nitrogen and oxygen atoms in total. The third-order valence-electron chi connectivity index (χ3n) is 5.20. The lowest BCUT2D eigenvalue weighted by atomic mass is 10.1. The van der Waals surface area contributed by atoms with E-state index in [9.17, 15) is 4.79 Å². The first-order valence-corrected chi connectivity index (χ1v) is 10.1. The molecule has 0 fully saturated rings. The van der Waals surface area contributed by atoms with Gasteiger partial charge in [0.05, 0.1) is 23.2 Å². The number of carbonyl (C=O) groups excluding carboxylic acids is 1. The Morgan fingerprint density at radius 3 is 2.74 bits per heavy atom. The molecule has 0 atom stereocenters. The van der Waals surface area contributed by atoms with Crippen LogP contribution < -0.4 is 15.8 Å². The number of H-pyrrole nitrogens is 1. The zero-order valence-corrected chi connectivity index (χ0v) is 17.0. The van der Waals surface area contributed by atoms with Crippen molar-refractivity contribution in [3.05, 3.63) is 66.4 Å². The molecule has 0 aliphatic carbocycles. The first-order chi connectivity index (χ1) is 15.1. The van der Waals surface area contributed by atoms with E-state index in [4.69, 9.17) is 10.5 Å². The summed E-state index contributed by atoms with van der Waals surface area (Å²) < 4.78 is 5.86. The van der Waals surface area contributed by atoms with Crippen LogP contribution in [0.15, 0.2) is 60.8 Å². The third kappa shape index (κ3) is 3.40. The van der Waals surface area contributed by atoms with Crippen molar-refractivity contribution in [1.82, 2.24) is 15.0 Å². The second-order valence-electron chi connectivity index (χ2n) is 7.33. The molecule has 0 aliphatic rings. The molecular weight excluding hydrogens is 390 g/mol. The van der Waals surface area contributed by atoms with E-state index in [0.717, 1.165) is 39.0 Å². The molecule has 154 valence electrons. The predicted molar refractivity (Wildman–Crippen MR) is 123 cm³/mol. The van der Waals surface area contributed by atoms with Crippen LogP contribution in [0.4, 0.5) is 11.8 Å². The number of fused-ring (bicyclic) bond motifs is 4. The molecule has 1 amide bonds. The van der Waals surface area contributed by atoms with Gasteiger partial charge in [-0.05, 0) is 47.5 Å². The second kappa shape index (κ2) is 7.60. The van der Waals surface area contributed by atoms with Crippen LogP contribution in [-0.2, 0) is 0 Å². The summed E-state index contributed by atoms with van der Waals surface area (Å²) in [6.07, 6.45) is 2.58. The van der Waals surface area contributed by atoms with Crippen molar-refractivity contribution in [3.8, 4) is 5.75 Å². The molecular formula is C24H21N5O2. The number of hydrogen-bond donors (Lipinski definition) is 3. The normalized spacial score (nSPS) is 11.3. The average Bonchev–Trinajstić information content (AvgIpc) is 3.25. The number of nitrogens with zero attached hydrogens (tertiary/aromatic N) is 2. The lowest BCUT2D eigenvalue weighted by Gasteiger charge is -2.13. The number of aromatic amines is 1. The zero-order chi connectivity index (χ0) is 21.4. The number of nitrogen functional groups attached to an aromatic ring is 1. The first kappa shape index (κ1) is 18.9. The maximum atomic E-state index is 13.2. The molecule has 0 radical (unpaired) electrons. The van der Waals surface area contributed by atoms with Crippen LogP contribution in [0.5, 0.6) is 5.75 Å². The fraction of sp³-hybridized carbons (Fsp3) is 0.125. The fourth-order valence-electron chi connectivity index (χ4n) is 3.76. The molecule has 0 saturated heterocycles. The van der Waals surface area contributed by atoms with Crippen molar-refractivity contribution in [2.75, 3.05) is 17.7 Å². The summed E-state index contributed by atoms with van der Waals surface area (Å²) in [6, 6.07) is 17.3. The minimum atomic E-state index is -0.324. The van der Waals surface area contributed by atoms with Gasteiger partial charge in [0.2, 0.25) is 5.95 Å². The number of ether oxygens (including phenoxy) is 1. The molecule has 31 heavy (non-hydrogen) atoms. The summed E-state index contributed by atoms with van der Waals surface area (Å²) in [6.45, 7) is 2.55. The van der Waals surface area contributed by atoms with Gasteiger partial charge in [-0.25, -0.2) is 0 Å². The highest BCUT2D eigenvalue weighted by atomic mass is 16.5. The van der Waals surface area contributed by atoms with Crippen LogP contribution >= 0.6 is 0 Å². The van der Waals surface area contributed by atoms with Gasteiger partial charge in [0.1, 0.15) is 11.6 Å². The van der Waals surface area contributed by atoms with E-state index < -0.39 is 0 Å². The van der Waals surface area contributed by atoms with Crippen molar-refractivity contribution in [3.63, 3.8) is 0 Å². The Kier molecular flexibility index (Phi) is 4.63. The average molecular weight is 411 g/mol. The summed E-state index contributed by atoms with van der Waals surface area (Å²) in [4.78, 5) is 25.0. The number of benzene rings is 3.